The van der Waals surface area contributed by atoms with Gasteiger partial charge >= 0.3 is 0 Å². The second-order valence-corrected chi connectivity index (χ2v) is 5.39. The lowest BCUT2D eigenvalue weighted by atomic mass is 10.2. The van der Waals surface area contributed by atoms with Crippen molar-refractivity contribution in [2.24, 2.45) is 5.73 Å². The first-order valence-electron chi connectivity index (χ1n) is 7.96. The molecule has 1 unspecified atom stereocenters. The highest BCUT2D eigenvalue weighted by Gasteiger charge is 2.01. The van der Waals surface area contributed by atoms with Crippen LogP contribution in [0.3, 0.4) is 0 Å². The van der Waals surface area contributed by atoms with Gasteiger partial charge in [0, 0.05) is 13.1 Å². The lowest BCUT2D eigenvalue weighted by Crippen LogP contribution is -2.24. The van der Waals surface area contributed by atoms with Gasteiger partial charge in [0.15, 0.2) is 0 Å². The molecule has 0 radical (unpaired) electrons. The fourth-order valence-corrected chi connectivity index (χ4v) is 1.96. The largest absolute Gasteiger partial charge is 0.497 e. The van der Waals surface area contributed by atoms with Gasteiger partial charge in [0.1, 0.15) is 12.0 Å². The van der Waals surface area contributed by atoms with Crippen molar-refractivity contribution in [2.75, 3.05) is 53.7 Å². The van der Waals surface area contributed by atoms with Crippen molar-refractivity contribution in [2.45, 2.75) is 19.7 Å². The van der Waals surface area contributed by atoms with Crippen LogP contribution in [0.5, 0.6) is 5.75 Å². The number of hydrogen-bond acceptors (Lipinski definition) is 6. The van der Waals surface area contributed by atoms with Gasteiger partial charge in [0.2, 0.25) is 0 Å². The van der Waals surface area contributed by atoms with Gasteiger partial charge < -0.3 is 24.7 Å². The molecule has 1 rings (SSSR count). The summed E-state index contributed by atoms with van der Waals surface area (Å²) >= 11 is 0. The molecule has 0 bridgehead atoms. The third-order valence-corrected chi connectivity index (χ3v) is 3.21. The fraction of sp³-hybridized carbons (Fsp3) is 0.647. The molecule has 0 heterocycles. The van der Waals surface area contributed by atoms with Crippen molar-refractivity contribution in [3.8, 4) is 5.75 Å². The molecule has 0 aliphatic rings. The highest BCUT2D eigenvalue weighted by Crippen LogP contribution is 2.12. The molecule has 0 saturated carbocycles. The topological polar surface area (TPSA) is 66.2 Å². The van der Waals surface area contributed by atoms with Crippen molar-refractivity contribution in [1.29, 1.82) is 0 Å². The van der Waals surface area contributed by atoms with Crippen molar-refractivity contribution in [1.82, 2.24) is 4.90 Å². The van der Waals surface area contributed by atoms with Gasteiger partial charge in [-0.15, -0.1) is 0 Å². The predicted molar refractivity (Wildman–Crippen MR) is 90.6 cm³/mol. The van der Waals surface area contributed by atoms with Crippen LogP contribution in [-0.4, -0.2) is 64.9 Å². The zero-order valence-electron chi connectivity index (χ0n) is 14.5. The fourth-order valence-electron chi connectivity index (χ4n) is 1.96. The second-order valence-electron chi connectivity index (χ2n) is 5.39. The van der Waals surface area contributed by atoms with Crippen LogP contribution in [-0.2, 0) is 20.8 Å². The van der Waals surface area contributed by atoms with Crippen molar-refractivity contribution < 1.29 is 18.9 Å². The van der Waals surface area contributed by atoms with Crippen LogP contribution in [0.1, 0.15) is 12.5 Å². The van der Waals surface area contributed by atoms with Gasteiger partial charge in [-0.1, -0.05) is 12.1 Å². The number of likely N-dealkylation sites (N-methyl/N-ethyl adjacent to an activating group) is 1. The van der Waals surface area contributed by atoms with Gasteiger partial charge in [-0.25, -0.2) is 0 Å². The van der Waals surface area contributed by atoms with Crippen molar-refractivity contribution in [3.05, 3.63) is 29.8 Å². The zero-order valence-corrected chi connectivity index (χ0v) is 14.5. The Balaban J connectivity index is 1.98. The van der Waals surface area contributed by atoms with E-state index in [-0.39, 0.29) is 6.23 Å². The molecule has 6 nitrogen and oxygen atoms in total. The number of ether oxygens (including phenoxy) is 4. The standard InChI is InChI=1S/C17H30N2O4/c1-15(18)23-13-12-22-11-10-21-9-8-19(2)14-16-4-6-17(20-3)7-5-16/h4-7,15H,8-14,18H2,1-3H3. The third-order valence-electron chi connectivity index (χ3n) is 3.21. The Morgan fingerprint density at radius 1 is 1.00 bits per heavy atom. The Bertz CT molecular complexity index is 398. The Morgan fingerprint density at radius 2 is 1.61 bits per heavy atom. The molecule has 1 atom stereocenters. The summed E-state index contributed by atoms with van der Waals surface area (Å²) in [4.78, 5) is 2.22. The Morgan fingerprint density at radius 3 is 2.22 bits per heavy atom. The van der Waals surface area contributed by atoms with Crippen LogP contribution >= 0.6 is 0 Å². The van der Waals surface area contributed by atoms with Crippen LogP contribution in [0.25, 0.3) is 0 Å². The van der Waals surface area contributed by atoms with E-state index in [4.69, 9.17) is 24.7 Å². The van der Waals surface area contributed by atoms with E-state index in [1.54, 1.807) is 14.0 Å². The number of nitrogens with two attached hydrogens (primary N) is 1. The number of rotatable bonds is 13. The van der Waals surface area contributed by atoms with E-state index in [0.717, 1.165) is 18.8 Å². The van der Waals surface area contributed by atoms with Gasteiger partial charge in [-0.2, -0.15) is 0 Å². The average Bonchev–Trinajstić information content (AvgIpc) is 2.53. The van der Waals surface area contributed by atoms with Gasteiger partial charge in [0.25, 0.3) is 0 Å². The van der Waals surface area contributed by atoms with E-state index in [2.05, 4.69) is 24.1 Å². The molecule has 0 fully saturated rings. The molecule has 0 saturated heterocycles. The van der Waals surface area contributed by atoms with E-state index in [9.17, 15) is 0 Å². The summed E-state index contributed by atoms with van der Waals surface area (Å²) in [6, 6.07) is 8.11. The molecule has 132 valence electrons. The minimum Gasteiger partial charge on any atom is -0.497 e. The maximum atomic E-state index is 5.55. The molecular formula is C17H30N2O4. The first-order valence-corrected chi connectivity index (χ1v) is 7.96. The van der Waals surface area contributed by atoms with E-state index >= 15 is 0 Å². The Kier molecular flexibility index (Phi) is 10.6. The van der Waals surface area contributed by atoms with Gasteiger partial charge in [0.05, 0.1) is 40.1 Å². The lowest BCUT2D eigenvalue weighted by molar-refractivity contribution is -0.00615. The Labute approximate surface area is 139 Å². The van der Waals surface area contributed by atoms with E-state index in [1.165, 1.54) is 5.56 Å². The molecule has 0 spiro atoms. The normalized spacial score (nSPS) is 12.6. The third kappa shape index (κ3) is 10.3. The number of methoxy groups -OCH3 is 1. The predicted octanol–water partition coefficient (Wildman–Crippen LogP) is 1.48. The molecule has 0 aliphatic heterocycles. The molecule has 1 aromatic rings. The summed E-state index contributed by atoms with van der Waals surface area (Å²) in [6.07, 6.45) is -0.240. The van der Waals surface area contributed by atoms with E-state index < -0.39 is 0 Å². The monoisotopic (exact) mass is 326 g/mol. The smallest absolute Gasteiger partial charge is 0.118 e. The average molecular weight is 326 g/mol. The van der Waals surface area contributed by atoms with Crippen LogP contribution < -0.4 is 10.5 Å². The molecule has 0 amide bonds. The summed E-state index contributed by atoms with van der Waals surface area (Å²) < 4.78 is 21.3. The lowest BCUT2D eigenvalue weighted by Gasteiger charge is -2.17. The van der Waals surface area contributed by atoms with Crippen LogP contribution in [0.2, 0.25) is 0 Å². The molecule has 0 aromatic heterocycles. The number of hydrogen-bond donors (Lipinski definition) is 1. The molecule has 0 aliphatic carbocycles. The first kappa shape index (κ1) is 19.9. The van der Waals surface area contributed by atoms with Gasteiger partial charge in [-0.3, -0.25) is 4.90 Å². The van der Waals surface area contributed by atoms with Crippen LogP contribution in [0.4, 0.5) is 0 Å². The molecule has 6 heteroatoms. The van der Waals surface area contributed by atoms with Gasteiger partial charge in [-0.05, 0) is 31.7 Å². The summed E-state index contributed by atoms with van der Waals surface area (Å²) in [7, 11) is 3.75. The van der Waals surface area contributed by atoms with E-state index in [1.807, 2.05) is 12.1 Å². The van der Waals surface area contributed by atoms with Crippen molar-refractivity contribution in [3.63, 3.8) is 0 Å². The maximum Gasteiger partial charge on any atom is 0.118 e. The highest BCUT2D eigenvalue weighted by atomic mass is 16.5. The van der Waals surface area contributed by atoms with Crippen molar-refractivity contribution >= 4 is 0 Å². The van der Waals surface area contributed by atoms with Crippen LogP contribution in [0.15, 0.2) is 24.3 Å². The molecule has 2 N–H and O–H groups in total. The molecular weight excluding hydrogens is 296 g/mol. The SMILES string of the molecule is COc1ccc(CN(C)CCOCCOCCOC(C)N)cc1. The van der Waals surface area contributed by atoms with Crippen LogP contribution in [0, 0.1) is 0 Å². The highest BCUT2D eigenvalue weighted by molar-refractivity contribution is 5.26. The Hall–Kier alpha value is -1.18. The summed E-state index contributed by atoms with van der Waals surface area (Å²) in [5, 5.41) is 0. The quantitative estimate of drug-likeness (QED) is 0.437. The maximum absolute atomic E-state index is 5.55. The molecule has 1 aromatic carbocycles. The van der Waals surface area contributed by atoms with E-state index in [0.29, 0.717) is 33.0 Å². The summed E-state index contributed by atoms with van der Waals surface area (Å²) in [6.45, 7) is 6.47. The summed E-state index contributed by atoms with van der Waals surface area (Å²) in [5.74, 6) is 0.881. The minimum atomic E-state index is -0.240. The zero-order chi connectivity index (χ0) is 16.9. The second kappa shape index (κ2) is 12.3. The first-order chi connectivity index (χ1) is 11.1. The minimum absolute atomic E-state index is 0.240. The molecule has 23 heavy (non-hydrogen) atoms. The number of benzene rings is 1. The summed E-state index contributed by atoms with van der Waals surface area (Å²) in [5.41, 5.74) is 6.71. The number of nitrogens with zero attached hydrogens (tertiary/aromatic N) is 1.